The van der Waals surface area contributed by atoms with E-state index in [-0.39, 0.29) is 12.5 Å². The first-order chi connectivity index (χ1) is 13.5. The fourth-order valence-electron chi connectivity index (χ4n) is 2.85. The molecule has 2 N–H and O–H groups in total. The van der Waals surface area contributed by atoms with E-state index in [9.17, 15) is 4.79 Å². The Balaban J connectivity index is 1.73. The second-order valence-electron chi connectivity index (χ2n) is 6.65. The maximum atomic E-state index is 12.7. The first kappa shape index (κ1) is 20.7. The van der Waals surface area contributed by atoms with Crippen LogP contribution in [0, 0.1) is 4.77 Å². The van der Waals surface area contributed by atoms with Gasteiger partial charge in [-0.15, -0.1) is 0 Å². The summed E-state index contributed by atoms with van der Waals surface area (Å²) in [6, 6.07) is 3.64. The molecule has 28 heavy (non-hydrogen) atoms. The second kappa shape index (κ2) is 9.43. The highest BCUT2D eigenvalue weighted by Gasteiger charge is 2.27. The van der Waals surface area contributed by atoms with Gasteiger partial charge in [0.1, 0.15) is 0 Å². The quantitative estimate of drug-likeness (QED) is 0.435. The zero-order chi connectivity index (χ0) is 20.1. The van der Waals surface area contributed by atoms with Gasteiger partial charge in [-0.3, -0.25) is 14.5 Å². The number of hydrogen-bond donors (Lipinski definition) is 2. The van der Waals surface area contributed by atoms with Crippen molar-refractivity contribution in [2.45, 2.75) is 52.1 Å². The summed E-state index contributed by atoms with van der Waals surface area (Å²) < 4.78 is 14.0. The summed E-state index contributed by atoms with van der Waals surface area (Å²) in [5, 5.41) is 10.2. The number of nitrogens with zero attached hydrogens (tertiary/aromatic N) is 2. The largest absolute Gasteiger partial charge is 0.490 e. The molecule has 0 saturated heterocycles. The number of hydrogen-bond acceptors (Lipinski definition) is 5. The molecule has 0 atom stereocenters. The number of H-pyrrole nitrogens is 1. The van der Waals surface area contributed by atoms with Crippen LogP contribution in [0.5, 0.6) is 11.5 Å². The Morgan fingerprint density at radius 1 is 1.39 bits per heavy atom. The fourth-order valence-corrected chi connectivity index (χ4v) is 3.42. The number of amides is 1. The number of ether oxygens (including phenoxy) is 2. The molecular formula is C19H25ClN4O3S. The number of carbonyl (C=O) groups is 1. The van der Waals surface area contributed by atoms with Crippen LogP contribution < -0.4 is 14.8 Å². The van der Waals surface area contributed by atoms with Crippen molar-refractivity contribution in [3.05, 3.63) is 33.3 Å². The predicted molar refractivity (Wildman–Crippen MR) is 110 cm³/mol. The molecule has 1 heterocycles. The minimum absolute atomic E-state index is 0.265. The van der Waals surface area contributed by atoms with Gasteiger partial charge in [0, 0.05) is 11.6 Å². The van der Waals surface area contributed by atoms with Gasteiger partial charge in [0.05, 0.1) is 24.8 Å². The van der Waals surface area contributed by atoms with Gasteiger partial charge in [0.15, 0.2) is 22.1 Å². The van der Waals surface area contributed by atoms with Crippen LogP contribution in [0.3, 0.4) is 0 Å². The molecule has 1 aromatic carbocycles. The van der Waals surface area contributed by atoms with Gasteiger partial charge < -0.3 is 14.8 Å². The summed E-state index contributed by atoms with van der Waals surface area (Å²) in [6.07, 6.45) is 4.10. The van der Waals surface area contributed by atoms with E-state index in [1.807, 2.05) is 11.5 Å². The molecule has 152 valence electrons. The molecule has 1 aromatic heterocycles. The number of carbonyl (C=O) groups excluding carboxylic acids is 1. The van der Waals surface area contributed by atoms with Crippen LogP contribution in [0.1, 0.15) is 61.8 Å². The van der Waals surface area contributed by atoms with E-state index in [0.29, 0.717) is 46.1 Å². The molecule has 1 amide bonds. The minimum Gasteiger partial charge on any atom is -0.490 e. The average Bonchev–Trinajstić information content (AvgIpc) is 3.44. The number of halogens is 1. The summed E-state index contributed by atoms with van der Waals surface area (Å²) >= 11 is 11.6. The van der Waals surface area contributed by atoms with Crippen molar-refractivity contribution in [3.63, 3.8) is 0 Å². The smallest absolute Gasteiger partial charge is 0.251 e. The lowest BCUT2D eigenvalue weighted by molar-refractivity contribution is 0.0949. The van der Waals surface area contributed by atoms with E-state index in [1.54, 1.807) is 12.1 Å². The van der Waals surface area contributed by atoms with Crippen LogP contribution >= 0.6 is 23.8 Å². The van der Waals surface area contributed by atoms with Crippen molar-refractivity contribution >= 4 is 29.7 Å². The first-order valence-electron chi connectivity index (χ1n) is 9.58. The Hall–Kier alpha value is -2.06. The van der Waals surface area contributed by atoms with Gasteiger partial charge in [0.2, 0.25) is 0 Å². The summed E-state index contributed by atoms with van der Waals surface area (Å²) in [7, 11) is 0. The van der Waals surface area contributed by atoms with Crippen molar-refractivity contribution < 1.29 is 14.3 Å². The van der Waals surface area contributed by atoms with E-state index in [0.717, 1.165) is 31.5 Å². The number of nitrogens with one attached hydrogen (secondary N) is 2. The van der Waals surface area contributed by atoms with Gasteiger partial charge in [-0.05, 0) is 50.5 Å². The van der Waals surface area contributed by atoms with E-state index in [2.05, 4.69) is 22.4 Å². The molecule has 1 fully saturated rings. The van der Waals surface area contributed by atoms with Gasteiger partial charge in [0.25, 0.3) is 5.91 Å². The molecule has 0 bridgehead atoms. The third-order valence-electron chi connectivity index (χ3n) is 4.41. The van der Waals surface area contributed by atoms with E-state index in [1.165, 1.54) is 0 Å². The van der Waals surface area contributed by atoms with Crippen LogP contribution in [-0.2, 0) is 6.54 Å². The standard InChI is InChI=1S/C19H25ClN4O3S/c1-3-5-8-27-17-14(20)9-12(10-15(17)26-4-2)18(25)21-11-16-22-23-19(28)24(16)13-6-7-13/h9-10,13H,3-8,11H2,1-2H3,(H,21,25)(H,23,28). The molecular weight excluding hydrogens is 400 g/mol. The van der Waals surface area contributed by atoms with Gasteiger partial charge in [-0.2, -0.15) is 5.10 Å². The van der Waals surface area contributed by atoms with E-state index >= 15 is 0 Å². The Kier molecular flexibility index (Phi) is 6.96. The molecule has 9 heteroatoms. The van der Waals surface area contributed by atoms with Crippen molar-refractivity contribution in [2.75, 3.05) is 13.2 Å². The van der Waals surface area contributed by atoms with Crippen LogP contribution in [0.2, 0.25) is 5.02 Å². The first-order valence-corrected chi connectivity index (χ1v) is 10.4. The highest BCUT2D eigenvalue weighted by molar-refractivity contribution is 7.71. The minimum atomic E-state index is -0.265. The third-order valence-corrected chi connectivity index (χ3v) is 4.98. The van der Waals surface area contributed by atoms with Crippen molar-refractivity contribution in [1.29, 1.82) is 0 Å². The molecule has 0 unspecified atom stereocenters. The van der Waals surface area contributed by atoms with Crippen molar-refractivity contribution in [2.24, 2.45) is 0 Å². The average molecular weight is 425 g/mol. The maximum absolute atomic E-state index is 12.7. The molecule has 1 saturated carbocycles. The molecule has 1 aliphatic carbocycles. The van der Waals surface area contributed by atoms with Crippen molar-refractivity contribution in [3.8, 4) is 11.5 Å². The highest BCUT2D eigenvalue weighted by atomic mass is 35.5. The van der Waals surface area contributed by atoms with Crippen LogP contribution in [0.25, 0.3) is 0 Å². The molecule has 2 aromatic rings. The van der Waals surface area contributed by atoms with Gasteiger partial charge >= 0.3 is 0 Å². The lowest BCUT2D eigenvalue weighted by Gasteiger charge is -2.15. The molecule has 3 rings (SSSR count). The summed E-state index contributed by atoms with van der Waals surface area (Å²) in [5.74, 6) is 1.40. The monoisotopic (exact) mass is 424 g/mol. The van der Waals surface area contributed by atoms with E-state index in [4.69, 9.17) is 33.3 Å². The summed E-state index contributed by atoms with van der Waals surface area (Å²) in [6.45, 7) is 5.23. The molecule has 0 radical (unpaired) electrons. The molecule has 7 nitrogen and oxygen atoms in total. The molecule has 0 aliphatic heterocycles. The number of rotatable bonds is 10. The summed E-state index contributed by atoms with van der Waals surface area (Å²) in [4.78, 5) is 12.7. The maximum Gasteiger partial charge on any atom is 0.251 e. The topological polar surface area (TPSA) is 81.2 Å². The van der Waals surface area contributed by atoms with Crippen molar-refractivity contribution in [1.82, 2.24) is 20.1 Å². The summed E-state index contributed by atoms with van der Waals surface area (Å²) in [5.41, 5.74) is 0.406. The Labute approximate surface area is 174 Å². The number of benzene rings is 1. The van der Waals surface area contributed by atoms with E-state index < -0.39 is 0 Å². The fraction of sp³-hybridized carbons (Fsp3) is 0.526. The van der Waals surface area contributed by atoms with Crippen LogP contribution in [0.4, 0.5) is 0 Å². The second-order valence-corrected chi connectivity index (χ2v) is 7.44. The Morgan fingerprint density at radius 2 is 2.18 bits per heavy atom. The number of unbranched alkanes of at least 4 members (excludes halogenated alkanes) is 1. The molecule has 1 aliphatic rings. The number of aromatic nitrogens is 3. The number of aromatic amines is 1. The third kappa shape index (κ3) is 4.86. The Bertz CT molecular complexity index is 892. The lowest BCUT2D eigenvalue weighted by atomic mass is 10.2. The lowest BCUT2D eigenvalue weighted by Crippen LogP contribution is -2.25. The highest BCUT2D eigenvalue weighted by Crippen LogP contribution is 2.37. The normalized spacial score (nSPS) is 13.4. The van der Waals surface area contributed by atoms with Gasteiger partial charge in [-0.1, -0.05) is 24.9 Å². The molecule has 0 spiro atoms. The van der Waals surface area contributed by atoms with Crippen LogP contribution in [-0.4, -0.2) is 33.9 Å². The predicted octanol–water partition coefficient (Wildman–Crippen LogP) is 4.44. The zero-order valence-corrected chi connectivity index (χ0v) is 17.7. The SMILES string of the molecule is CCCCOc1c(Cl)cc(C(=O)NCc2n[nH]c(=S)n2C2CC2)cc1OCC. The van der Waals surface area contributed by atoms with Gasteiger partial charge in [-0.25, -0.2) is 0 Å². The Morgan fingerprint density at radius 3 is 2.86 bits per heavy atom. The zero-order valence-electron chi connectivity index (χ0n) is 16.1. The van der Waals surface area contributed by atoms with Crippen LogP contribution in [0.15, 0.2) is 12.1 Å².